The van der Waals surface area contributed by atoms with Crippen LogP contribution >= 0.6 is 0 Å². The Balaban J connectivity index is 1.69. The largest absolute Gasteiger partial charge is 0.454 e. The third-order valence-corrected chi connectivity index (χ3v) is 3.95. The second-order valence-corrected chi connectivity index (χ2v) is 5.30. The lowest BCUT2D eigenvalue weighted by molar-refractivity contribution is 0.174. The van der Waals surface area contributed by atoms with Crippen molar-refractivity contribution in [2.75, 3.05) is 19.9 Å². The second kappa shape index (κ2) is 4.78. The van der Waals surface area contributed by atoms with Gasteiger partial charge in [0.15, 0.2) is 11.5 Å². The molecule has 98 valence electrons. The highest BCUT2D eigenvalue weighted by Gasteiger charge is 2.28. The molecule has 2 aliphatic heterocycles. The van der Waals surface area contributed by atoms with E-state index < -0.39 is 0 Å². The number of likely N-dealkylation sites (tertiary alicyclic amines) is 1. The predicted molar refractivity (Wildman–Crippen MR) is 69.6 cm³/mol. The highest BCUT2D eigenvalue weighted by atomic mass is 16.7. The first-order valence-corrected chi connectivity index (χ1v) is 6.59. The summed E-state index contributed by atoms with van der Waals surface area (Å²) in [5.74, 6) is 2.37. The standard InChI is InChI=1S/C14H20N2O2/c1-10-4-12(6-15)8-16(10)7-11-2-3-13-14(5-11)18-9-17-13/h2-3,5,10,12H,4,6-9,15H2,1H3. The van der Waals surface area contributed by atoms with Gasteiger partial charge in [0, 0.05) is 19.1 Å². The van der Waals surface area contributed by atoms with Gasteiger partial charge in [-0.15, -0.1) is 0 Å². The van der Waals surface area contributed by atoms with Crippen molar-refractivity contribution in [3.63, 3.8) is 0 Å². The molecule has 4 nitrogen and oxygen atoms in total. The average Bonchev–Trinajstić information content (AvgIpc) is 2.96. The summed E-state index contributed by atoms with van der Waals surface area (Å²) in [5, 5.41) is 0. The fraction of sp³-hybridized carbons (Fsp3) is 0.571. The number of fused-ring (bicyclic) bond motifs is 1. The molecule has 1 aromatic rings. The van der Waals surface area contributed by atoms with E-state index in [-0.39, 0.29) is 0 Å². The fourth-order valence-corrected chi connectivity index (χ4v) is 2.88. The number of nitrogens with two attached hydrogens (primary N) is 1. The first kappa shape index (κ1) is 11.8. The summed E-state index contributed by atoms with van der Waals surface area (Å²) in [7, 11) is 0. The molecule has 2 unspecified atom stereocenters. The van der Waals surface area contributed by atoms with Crippen LogP contribution in [-0.4, -0.2) is 30.8 Å². The summed E-state index contributed by atoms with van der Waals surface area (Å²) in [6.45, 7) is 5.49. The number of ether oxygens (including phenoxy) is 2. The molecule has 4 heteroatoms. The van der Waals surface area contributed by atoms with Gasteiger partial charge in [0.2, 0.25) is 6.79 Å². The lowest BCUT2D eigenvalue weighted by Gasteiger charge is -2.21. The maximum atomic E-state index is 5.76. The Morgan fingerprint density at radius 3 is 2.94 bits per heavy atom. The molecule has 1 saturated heterocycles. The molecule has 2 N–H and O–H groups in total. The van der Waals surface area contributed by atoms with E-state index in [1.807, 2.05) is 6.07 Å². The molecule has 1 aromatic carbocycles. The molecule has 0 radical (unpaired) electrons. The Morgan fingerprint density at radius 1 is 1.33 bits per heavy atom. The maximum absolute atomic E-state index is 5.76. The summed E-state index contributed by atoms with van der Waals surface area (Å²) in [4.78, 5) is 2.50. The molecule has 0 aromatic heterocycles. The highest BCUT2D eigenvalue weighted by molar-refractivity contribution is 5.44. The third kappa shape index (κ3) is 2.18. The molecular weight excluding hydrogens is 228 g/mol. The molecule has 2 aliphatic rings. The van der Waals surface area contributed by atoms with E-state index in [1.54, 1.807) is 0 Å². The first-order valence-electron chi connectivity index (χ1n) is 6.59. The van der Waals surface area contributed by atoms with E-state index in [4.69, 9.17) is 15.2 Å². The average molecular weight is 248 g/mol. The van der Waals surface area contributed by atoms with Crippen molar-refractivity contribution >= 4 is 0 Å². The van der Waals surface area contributed by atoms with Crippen molar-refractivity contribution in [2.45, 2.75) is 25.9 Å². The SMILES string of the molecule is CC1CC(CN)CN1Cc1ccc2c(c1)OCO2. The van der Waals surface area contributed by atoms with Crippen LogP contribution in [-0.2, 0) is 6.54 Å². The van der Waals surface area contributed by atoms with Crippen LogP contribution in [0, 0.1) is 5.92 Å². The van der Waals surface area contributed by atoms with Gasteiger partial charge in [-0.1, -0.05) is 6.07 Å². The van der Waals surface area contributed by atoms with Gasteiger partial charge in [-0.2, -0.15) is 0 Å². The van der Waals surface area contributed by atoms with Gasteiger partial charge < -0.3 is 15.2 Å². The van der Waals surface area contributed by atoms with Crippen LogP contribution in [0.1, 0.15) is 18.9 Å². The molecule has 0 aliphatic carbocycles. The number of benzene rings is 1. The smallest absolute Gasteiger partial charge is 0.231 e. The summed E-state index contributed by atoms with van der Waals surface area (Å²) >= 11 is 0. The minimum absolute atomic E-state index is 0.341. The zero-order chi connectivity index (χ0) is 12.5. The van der Waals surface area contributed by atoms with E-state index in [1.165, 1.54) is 12.0 Å². The molecule has 1 fully saturated rings. The molecule has 0 spiro atoms. The van der Waals surface area contributed by atoms with Crippen molar-refractivity contribution in [1.82, 2.24) is 4.90 Å². The van der Waals surface area contributed by atoms with Crippen LogP contribution in [0.2, 0.25) is 0 Å². The summed E-state index contributed by atoms with van der Waals surface area (Å²) in [6, 6.07) is 6.82. The Bertz CT molecular complexity index is 436. The third-order valence-electron chi connectivity index (χ3n) is 3.95. The molecule has 0 amide bonds. The van der Waals surface area contributed by atoms with Crippen molar-refractivity contribution < 1.29 is 9.47 Å². The molecule has 0 bridgehead atoms. The van der Waals surface area contributed by atoms with E-state index in [0.29, 0.717) is 18.8 Å². The molecule has 2 heterocycles. The van der Waals surface area contributed by atoms with Crippen LogP contribution in [0.5, 0.6) is 11.5 Å². The number of hydrogen-bond donors (Lipinski definition) is 1. The van der Waals surface area contributed by atoms with Gasteiger partial charge in [0.05, 0.1) is 0 Å². The van der Waals surface area contributed by atoms with Crippen molar-refractivity contribution in [3.05, 3.63) is 23.8 Å². The first-order chi connectivity index (χ1) is 8.76. The number of nitrogens with zero attached hydrogens (tertiary/aromatic N) is 1. The molecular formula is C14H20N2O2. The van der Waals surface area contributed by atoms with Crippen LogP contribution in [0.3, 0.4) is 0 Å². The van der Waals surface area contributed by atoms with Gasteiger partial charge in [-0.25, -0.2) is 0 Å². The van der Waals surface area contributed by atoms with Gasteiger partial charge >= 0.3 is 0 Å². The van der Waals surface area contributed by atoms with Gasteiger partial charge in [0.25, 0.3) is 0 Å². The molecule has 18 heavy (non-hydrogen) atoms. The number of rotatable bonds is 3. The van der Waals surface area contributed by atoms with E-state index in [0.717, 1.165) is 31.1 Å². The highest BCUT2D eigenvalue weighted by Crippen LogP contribution is 2.33. The fourth-order valence-electron chi connectivity index (χ4n) is 2.88. The van der Waals surface area contributed by atoms with Crippen LogP contribution in [0.25, 0.3) is 0 Å². The lowest BCUT2D eigenvalue weighted by Crippen LogP contribution is -2.27. The quantitative estimate of drug-likeness (QED) is 0.882. The normalized spacial score (nSPS) is 26.8. The summed E-state index contributed by atoms with van der Waals surface area (Å²) < 4.78 is 10.7. The summed E-state index contributed by atoms with van der Waals surface area (Å²) in [5.41, 5.74) is 7.04. The lowest BCUT2D eigenvalue weighted by atomic mass is 10.1. The Hall–Kier alpha value is -1.26. The number of hydrogen-bond acceptors (Lipinski definition) is 4. The van der Waals surface area contributed by atoms with Crippen LogP contribution in [0.15, 0.2) is 18.2 Å². The minimum Gasteiger partial charge on any atom is -0.454 e. The maximum Gasteiger partial charge on any atom is 0.231 e. The topological polar surface area (TPSA) is 47.7 Å². The van der Waals surface area contributed by atoms with Gasteiger partial charge in [-0.05, 0) is 43.5 Å². The van der Waals surface area contributed by atoms with E-state index in [9.17, 15) is 0 Å². The predicted octanol–water partition coefficient (Wildman–Crippen LogP) is 1.58. The zero-order valence-electron chi connectivity index (χ0n) is 10.8. The Morgan fingerprint density at radius 2 is 2.17 bits per heavy atom. The van der Waals surface area contributed by atoms with Crippen molar-refractivity contribution in [1.29, 1.82) is 0 Å². The molecule has 2 atom stereocenters. The monoisotopic (exact) mass is 248 g/mol. The molecule has 3 rings (SSSR count). The zero-order valence-corrected chi connectivity index (χ0v) is 10.8. The Labute approximate surface area is 108 Å². The van der Waals surface area contributed by atoms with E-state index >= 15 is 0 Å². The van der Waals surface area contributed by atoms with Crippen LogP contribution < -0.4 is 15.2 Å². The van der Waals surface area contributed by atoms with Crippen LogP contribution in [0.4, 0.5) is 0 Å². The minimum atomic E-state index is 0.341. The molecule has 0 saturated carbocycles. The van der Waals surface area contributed by atoms with Crippen molar-refractivity contribution in [2.24, 2.45) is 11.7 Å². The van der Waals surface area contributed by atoms with Gasteiger partial charge in [-0.3, -0.25) is 4.90 Å². The van der Waals surface area contributed by atoms with Gasteiger partial charge in [0.1, 0.15) is 0 Å². The summed E-state index contributed by atoms with van der Waals surface area (Å²) in [6.07, 6.45) is 1.21. The van der Waals surface area contributed by atoms with E-state index in [2.05, 4.69) is 24.0 Å². The van der Waals surface area contributed by atoms with Crippen molar-refractivity contribution in [3.8, 4) is 11.5 Å². The second-order valence-electron chi connectivity index (χ2n) is 5.30. The Kier molecular flexibility index (Phi) is 3.14.